The maximum atomic E-state index is 10.8. The summed E-state index contributed by atoms with van der Waals surface area (Å²) in [5.41, 5.74) is 7.27. The van der Waals surface area contributed by atoms with Crippen LogP contribution in [0, 0.1) is 0 Å². The first-order chi connectivity index (χ1) is 5.79. The molecule has 5 heteroatoms. The van der Waals surface area contributed by atoms with E-state index in [0.29, 0.717) is 25.3 Å². The number of nitrogens with one attached hydrogen (secondary N) is 1. The molecule has 2 heterocycles. The van der Waals surface area contributed by atoms with E-state index < -0.39 is 5.91 Å². The number of rotatable bonds is 1. The first-order valence-electron chi connectivity index (χ1n) is 3.72. The molecule has 5 nitrogen and oxygen atoms in total. The lowest BCUT2D eigenvalue weighted by molar-refractivity contribution is 0.0985. The van der Waals surface area contributed by atoms with Gasteiger partial charge >= 0.3 is 0 Å². The zero-order valence-corrected chi connectivity index (χ0v) is 6.46. The summed E-state index contributed by atoms with van der Waals surface area (Å²) in [4.78, 5) is 10.8. The number of hydrogen-bond acceptors (Lipinski definition) is 3. The van der Waals surface area contributed by atoms with Gasteiger partial charge in [0.05, 0.1) is 18.9 Å². The van der Waals surface area contributed by atoms with Crippen LogP contribution in [0.4, 0.5) is 0 Å². The van der Waals surface area contributed by atoms with Crippen molar-refractivity contribution in [1.82, 2.24) is 10.2 Å². The third-order valence-corrected chi connectivity index (χ3v) is 1.93. The van der Waals surface area contributed by atoms with Crippen molar-refractivity contribution in [2.24, 2.45) is 5.73 Å². The monoisotopic (exact) mass is 167 g/mol. The molecule has 0 fully saturated rings. The Morgan fingerprint density at radius 1 is 1.67 bits per heavy atom. The molecule has 0 unspecified atom stereocenters. The normalized spacial score (nSPS) is 15.7. The van der Waals surface area contributed by atoms with Crippen molar-refractivity contribution in [3.63, 3.8) is 0 Å². The molecule has 1 aromatic heterocycles. The van der Waals surface area contributed by atoms with E-state index in [2.05, 4.69) is 10.2 Å². The first kappa shape index (κ1) is 7.30. The van der Waals surface area contributed by atoms with Gasteiger partial charge in [-0.2, -0.15) is 5.10 Å². The summed E-state index contributed by atoms with van der Waals surface area (Å²) in [7, 11) is 0. The van der Waals surface area contributed by atoms with E-state index in [4.69, 9.17) is 10.5 Å². The highest BCUT2D eigenvalue weighted by Crippen LogP contribution is 2.17. The van der Waals surface area contributed by atoms with Gasteiger partial charge in [0.2, 0.25) is 0 Å². The van der Waals surface area contributed by atoms with Gasteiger partial charge in [0, 0.05) is 12.0 Å². The second kappa shape index (κ2) is 2.60. The summed E-state index contributed by atoms with van der Waals surface area (Å²) in [6.45, 7) is 1.10. The maximum absolute atomic E-state index is 10.8. The van der Waals surface area contributed by atoms with Crippen LogP contribution in [-0.2, 0) is 17.8 Å². The van der Waals surface area contributed by atoms with Crippen LogP contribution in [0.3, 0.4) is 0 Å². The fraction of sp³-hybridized carbons (Fsp3) is 0.429. The molecule has 0 radical (unpaired) electrons. The number of nitrogens with zero attached hydrogens (tertiary/aromatic N) is 1. The van der Waals surface area contributed by atoms with Gasteiger partial charge in [-0.05, 0) is 0 Å². The summed E-state index contributed by atoms with van der Waals surface area (Å²) in [5, 5.41) is 6.54. The molecule has 1 aromatic rings. The maximum Gasteiger partial charge on any atom is 0.267 e. The first-order valence-corrected chi connectivity index (χ1v) is 3.72. The molecule has 0 spiro atoms. The summed E-state index contributed by atoms with van der Waals surface area (Å²) in [6, 6.07) is 0. The number of amides is 1. The summed E-state index contributed by atoms with van der Waals surface area (Å²) < 4.78 is 5.15. The van der Waals surface area contributed by atoms with Crippen LogP contribution in [0.15, 0.2) is 0 Å². The highest BCUT2D eigenvalue weighted by atomic mass is 16.5. The molecule has 1 amide bonds. The molecule has 3 N–H and O–H groups in total. The molecule has 0 aliphatic carbocycles. The second-order valence-corrected chi connectivity index (χ2v) is 2.69. The van der Waals surface area contributed by atoms with Crippen molar-refractivity contribution in [3.8, 4) is 0 Å². The zero-order chi connectivity index (χ0) is 8.55. The number of aromatic nitrogens is 2. The molecule has 0 aromatic carbocycles. The predicted molar refractivity (Wildman–Crippen MR) is 40.5 cm³/mol. The van der Waals surface area contributed by atoms with E-state index in [0.717, 1.165) is 11.3 Å². The molecular formula is C7H9N3O2. The van der Waals surface area contributed by atoms with Crippen molar-refractivity contribution in [1.29, 1.82) is 0 Å². The molecule has 64 valence electrons. The lowest BCUT2D eigenvalue weighted by Gasteiger charge is -2.10. The number of hydrogen-bond donors (Lipinski definition) is 2. The van der Waals surface area contributed by atoms with Crippen molar-refractivity contribution >= 4 is 5.91 Å². The van der Waals surface area contributed by atoms with Crippen molar-refractivity contribution < 1.29 is 9.53 Å². The average molecular weight is 167 g/mol. The lowest BCUT2D eigenvalue weighted by Crippen LogP contribution is -2.16. The molecule has 0 atom stereocenters. The van der Waals surface area contributed by atoms with Crippen LogP contribution in [-0.4, -0.2) is 22.7 Å². The number of primary amides is 1. The van der Waals surface area contributed by atoms with Gasteiger partial charge in [-0.1, -0.05) is 0 Å². The fourth-order valence-electron chi connectivity index (χ4n) is 1.34. The molecule has 0 bridgehead atoms. The number of nitrogens with two attached hydrogens (primary N) is 1. The molecule has 2 rings (SSSR count). The van der Waals surface area contributed by atoms with E-state index in [1.165, 1.54) is 0 Å². The smallest absolute Gasteiger partial charge is 0.267 e. The SMILES string of the molecule is NC(=O)c1[nH]nc2c1CCOC2. The minimum Gasteiger partial charge on any atom is -0.375 e. The largest absolute Gasteiger partial charge is 0.375 e. The zero-order valence-electron chi connectivity index (χ0n) is 6.46. The van der Waals surface area contributed by atoms with Gasteiger partial charge in [0.1, 0.15) is 5.69 Å². The van der Waals surface area contributed by atoms with Crippen molar-refractivity contribution in [2.75, 3.05) is 6.61 Å². The number of fused-ring (bicyclic) bond motifs is 1. The van der Waals surface area contributed by atoms with Crippen molar-refractivity contribution in [3.05, 3.63) is 17.0 Å². The highest BCUT2D eigenvalue weighted by molar-refractivity contribution is 5.92. The van der Waals surface area contributed by atoms with E-state index >= 15 is 0 Å². The molecule has 1 aliphatic heterocycles. The minimum absolute atomic E-state index is 0.424. The molecule has 0 saturated heterocycles. The molecule has 1 aliphatic rings. The van der Waals surface area contributed by atoms with Crippen LogP contribution < -0.4 is 5.73 Å². The summed E-state index contributed by atoms with van der Waals surface area (Å²) in [5.74, 6) is -0.453. The van der Waals surface area contributed by atoms with Crippen molar-refractivity contribution in [2.45, 2.75) is 13.0 Å². The summed E-state index contributed by atoms with van der Waals surface area (Å²) in [6.07, 6.45) is 0.712. The minimum atomic E-state index is -0.453. The number of aromatic amines is 1. The van der Waals surface area contributed by atoms with E-state index in [-0.39, 0.29) is 0 Å². The Morgan fingerprint density at radius 2 is 2.50 bits per heavy atom. The van der Waals surface area contributed by atoms with Crippen LogP contribution in [0.5, 0.6) is 0 Å². The Morgan fingerprint density at radius 3 is 3.25 bits per heavy atom. The lowest BCUT2D eigenvalue weighted by atomic mass is 10.1. The molecule has 12 heavy (non-hydrogen) atoms. The quantitative estimate of drug-likeness (QED) is 0.596. The average Bonchev–Trinajstić information content (AvgIpc) is 2.47. The second-order valence-electron chi connectivity index (χ2n) is 2.69. The van der Waals surface area contributed by atoms with E-state index in [1.54, 1.807) is 0 Å². The Hall–Kier alpha value is -1.36. The third kappa shape index (κ3) is 0.984. The van der Waals surface area contributed by atoms with Gasteiger partial charge in [0.25, 0.3) is 5.91 Å². The number of H-pyrrole nitrogens is 1. The predicted octanol–water partition coefficient (Wildman–Crippen LogP) is -0.419. The number of carbonyl (C=O) groups is 1. The Balaban J connectivity index is 2.44. The third-order valence-electron chi connectivity index (χ3n) is 1.93. The van der Waals surface area contributed by atoms with E-state index in [1.807, 2.05) is 0 Å². The van der Waals surface area contributed by atoms with Crippen LogP contribution in [0.2, 0.25) is 0 Å². The van der Waals surface area contributed by atoms with Crippen LogP contribution >= 0.6 is 0 Å². The number of carbonyl (C=O) groups excluding carboxylic acids is 1. The van der Waals surface area contributed by atoms with Gasteiger partial charge in [0.15, 0.2) is 0 Å². The summed E-state index contributed by atoms with van der Waals surface area (Å²) >= 11 is 0. The Labute approximate surface area is 68.9 Å². The standard InChI is InChI=1S/C7H9N3O2/c8-7(11)6-4-1-2-12-3-5(4)9-10-6/h1-3H2,(H2,8,11)(H,9,10). The van der Waals surface area contributed by atoms with Crippen LogP contribution in [0.1, 0.15) is 21.7 Å². The van der Waals surface area contributed by atoms with Gasteiger partial charge in [-0.15, -0.1) is 0 Å². The van der Waals surface area contributed by atoms with Gasteiger partial charge < -0.3 is 10.5 Å². The van der Waals surface area contributed by atoms with Crippen LogP contribution in [0.25, 0.3) is 0 Å². The highest BCUT2D eigenvalue weighted by Gasteiger charge is 2.19. The molecular weight excluding hydrogens is 158 g/mol. The molecule has 0 saturated carbocycles. The Kier molecular flexibility index (Phi) is 1.58. The number of ether oxygens (including phenoxy) is 1. The Bertz CT molecular complexity index is 318. The van der Waals surface area contributed by atoms with Gasteiger partial charge in [-0.25, -0.2) is 0 Å². The topological polar surface area (TPSA) is 81.0 Å². The fourth-order valence-corrected chi connectivity index (χ4v) is 1.34. The van der Waals surface area contributed by atoms with E-state index in [9.17, 15) is 4.79 Å². The van der Waals surface area contributed by atoms with Gasteiger partial charge in [-0.3, -0.25) is 9.89 Å².